The molecular formula is C18H12ClN3O3. The highest BCUT2D eigenvalue weighted by Crippen LogP contribution is 2.29. The van der Waals surface area contributed by atoms with Crippen molar-refractivity contribution in [3.63, 3.8) is 0 Å². The second-order valence-corrected chi connectivity index (χ2v) is 5.84. The van der Waals surface area contributed by atoms with Crippen LogP contribution in [0.25, 0.3) is 22.4 Å². The zero-order valence-corrected chi connectivity index (χ0v) is 13.6. The molecule has 6 nitrogen and oxygen atoms in total. The Morgan fingerprint density at radius 1 is 1.00 bits per heavy atom. The summed E-state index contributed by atoms with van der Waals surface area (Å²) in [7, 11) is 0. The lowest BCUT2D eigenvalue weighted by atomic mass is 10.2. The van der Waals surface area contributed by atoms with Gasteiger partial charge >= 0.3 is 5.69 Å². The average Bonchev–Trinajstić information content (AvgIpc) is 3.20. The smallest absolute Gasteiger partial charge is 0.323 e. The number of rotatable bonds is 3. The Labute approximate surface area is 146 Å². The molecule has 25 heavy (non-hydrogen) atoms. The van der Waals surface area contributed by atoms with Gasteiger partial charge in [0.1, 0.15) is 5.76 Å². The lowest BCUT2D eigenvalue weighted by Crippen LogP contribution is -2.10. The van der Waals surface area contributed by atoms with Gasteiger partial charge in [-0.3, -0.25) is 4.79 Å². The van der Waals surface area contributed by atoms with Gasteiger partial charge in [-0.15, -0.1) is 0 Å². The molecule has 0 bridgehead atoms. The summed E-state index contributed by atoms with van der Waals surface area (Å²) in [6.07, 6.45) is 0. The number of fused-ring (bicyclic) bond motifs is 1. The molecule has 0 aliphatic heterocycles. The van der Waals surface area contributed by atoms with Gasteiger partial charge in [0.2, 0.25) is 0 Å². The lowest BCUT2D eigenvalue weighted by Gasteiger charge is -2.03. The molecule has 2 aromatic heterocycles. The van der Waals surface area contributed by atoms with Gasteiger partial charge in [0.25, 0.3) is 5.91 Å². The van der Waals surface area contributed by atoms with Crippen LogP contribution in [-0.4, -0.2) is 15.9 Å². The fourth-order valence-electron chi connectivity index (χ4n) is 2.57. The Bertz CT molecular complexity index is 1140. The number of benzene rings is 2. The van der Waals surface area contributed by atoms with Crippen LogP contribution in [0.2, 0.25) is 5.02 Å². The van der Waals surface area contributed by atoms with E-state index in [1.54, 1.807) is 36.4 Å². The second-order valence-electron chi connectivity index (χ2n) is 5.44. The summed E-state index contributed by atoms with van der Waals surface area (Å²) in [6, 6.07) is 15.6. The molecule has 0 aliphatic rings. The summed E-state index contributed by atoms with van der Waals surface area (Å²) in [4.78, 5) is 28.9. The maximum absolute atomic E-state index is 12.4. The number of aromatic amines is 2. The molecule has 7 heteroatoms. The molecule has 0 radical (unpaired) electrons. The van der Waals surface area contributed by atoms with E-state index in [-0.39, 0.29) is 11.4 Å². The largest absolute Gasteiger partial charge is 0.451 e. The van der Waals surface area contributed by atoms with Crippen molar-refractivity contribution in [2.45, 2.75) is 0 Å². The van der Waals surface area contributed by atoms with Crippen molar-refractivity contribution in [3.05, 3.63) is 75.9 Å². The van der Waals surface area contributed by atoms with Gasteiger partial charge in [-0.2, -0.15) is 0 Å². The molecule has 4 aromatic rings. The normalized spacial score (nSPS) is 10.9. The molecule has 2 heterocycles. The van der Waals surface area contributed by atoms with Gasteiger partial charge in [0.15, 0.2) is 5.76 Å². The molecule has 0 fully saturated rings. The van der Waals surface area contributed by atoms with Crippen molar-refractivity contribution in [2.24, 2.45) is 0 Å². The lowest BCUT2D eigenvalue weighted by molar-refractivity contribution is 0.0997. The maximum Gasteiger partial charge on any atom is 0.323 e. The van der Waals surface area contributed by atoms with Gasteiger partial charge in [-0.25, -0.2) is 4.79 Å². The van der Waals surface area contributed by atoms with Crippen LogP contribution in [0.5, 0.6) is 0 Å². The molecular weight excluding hydrogens is 342 g/mol. The van der Waals surface area contributed by atoms with Crippen molar-refractivity contribution in [2.75, 3.05) is 5.32 Å². The van der Waals surface area contributed by atoms with Gasteiger partial charge in [0, 0.05) is 11.3 Å². The highest BCUT2D eigenvalue weighted by Gasteiger charge is 2.14. The van der Waals surface area contributed by atoms with Gasteiger partial charge in [-0.05, 0) is 42.5 Å². The maximum atomic E-state index is 12.4. The van der Waals surface area contributed by atoms with Crippen LogP contribution >= 0.6 is 11.6 Å². The number of imidazole rings is 1. The molecule has 0 saturated heterocycles. The van der Waals surface area contributed by atoms with E-state index in [9.17, 15) is 9.59 Å². The van der Waals surface area contributed by atoms with E-state index in [4.69, 9.17) is 16.0 Å². The van der Waals surface area contributed by atoms with Gasteiger partial charge < -0.3 is 19.7 Å². The van der Waals surface area contributed by atoms with Gasteiger partial charge in [-0.1, -0.05) is 23.7 Å². The molecule has 0 aliphatic carbocycles. The van der Waals surface area contributed by atoms with E-state index in [1.165, 1.54) is 0 Å². The number of halogens is 1. The Morgan fingerprint density at radius 3 is 2.64 bits per heavy atom. The van der Waals surface area contributed by atoms with E-state index < -0.39 is 5.91 Å². The van der Waals surface area contributed by atoms with Crippen LogP contribution in [0.4, 0.5) is 5.69 Å². The Kier molecular flexibility index (Phi) is 3.66. The first-order chi connectivity index (χ1) is 12.1. The number of aromatic nitrogens is 2. The number of hydrogen-bond acceptors (Lipinski definition) is 3. The summed E-state index contributed by atoms with van der Waals surface area (Å²) in [5.41, 5.74) is 2.24. The molecule has 2 aromatic carbocycles. The first-order valence-electron chi connectivity index (χ1n) is 7.48. The quantitative estimate of drug-likeness (QED) is 0.519. The number of anilines is 1. The number of furan rings is 1. The van der Waals surface area contributed by atoms with E-state index >= 15 is 0 Å². The minimum absolute atomic E-state index is 0.164. The topological polar surface area (TPSA) is 90.9 Å². The Balaban J connectivity index is 1.58. The van der Waals surface area contributed by atoms with Crippen LogP contribution in [0, 0.1) is 0 Å². The summed E-state index contributed by atoms with van der Waals surface area (Å²) < 4.78 is 5.62. The zero-order valence-electron chi connectivity index (χ0n) is 12.8. The third-order valence-electron chi connectivity index (χ3n) is 3.74. The van der Waals surface area contributed by atoms with Crippen LogP contribution in [0.3, 0.4) is 0 Å². The summed E-state index contributed by atoms with van der Waals surface area (Å²) in [6.45, 7) is 0. The number of carbonyl (C=O) groups is 1. The van der Waals surface area contributed by atoms with E-state index in [1.807, 2.05) is 18.2 Å². The molecule has 0 spiro atoms. The number of H-pyrrole nitrogens is 2. The monoisotopic (exact) mass is 353 g/mol. The van der Waals surface area contributed by atoms with Crippen molar-refractivity contribution in [1.82, 2.24) is 9.97 Å². The highest BCUT2D eigenvalue weighted by atomic mass is 35.5. The van der Waals surface area contributed by atoms with E-state index in [0.717, 1.165) is 5.56 Å². The van der Waals surface area contributed by atoms with Crippen LogP contribution in [-0.2, 0) is 0 Å². The van der Waals surface area contributed by atoms with Crippen molar-refractivity contribution >= 4 is 34.2 Å². The van der Waals surface area contributed by atoms with Crippen LogP contribution < -0.4 is 11.0 Å². The van der Waals surface area contributed by atoms with Crippen LogP contribution in [0.15, 0.2) is 63.8 Å². The van der Waals surface area contributed by atoms with Crippen molar-refractivity contribution in [3.8, 4) is 11.3 Å². The van der Waals surface area contributed by atoms with Crippen molar-refractivity contribution in [1.29, 1.82) is 0 Å². The number of amides is 1. The molecule has 0 atom stereocenters. The standard InChI is InChI=1S/C18H12ClN3O3/c19-12-4-2-1-3-11(12)15-7-8-16(25-15)17(23)20-10-5-6-13-14(9-10)22-18(24)21-13/h1-9H,(H,20,23)(H2,21,22,24). The third kappa shape index (κ3) is 2.95. The minimum atomic E-state index is -0.393. The molecule has 0 saturated carbocycles. The second kappa shape index (κ2) is 5.99. The highest BCUT2D eigenvalue weighted by molar-refractivity contribution is 6.33. The number of nitrogens with one attached hydrogen (secondary N) is 3. The SMILES string of the molecule is O=C(Nc1ccc2[nH]c(=O)[nH]c2c1)c1ccc(-c2ccccc2Cl)o1. The van der Waals surface area contributed by atoms with Crippen LogP contribution in [0.1, 0.15) is 10.6 Å². The predicted octanol–water partition coefficient (Wildman–Crippen LogP) is 4.02. The molecule has 4 rings (SSSR count). The first-order valence-corrected chi connectivity index (χ1v) is 7.86. The predicted molar refractivity (Wildman–Crippen MR) is 96.0 cm³/mol. The summed E-state index contributed by atoms with van der Waals surface area (Å²) in [5, 5.41) is 3.28. The fourth-order valence-corrected chi connectivity index (χ4v) is 2.80. The first kappa shape index (κ1) is 15.3. The minimum Gasteiger partial charge on any atom is -0.451 e. The number of hydrogen-bond donors (Lipinski definition) is 3. The third-order valence-corrected chi connectivity index (χ3v) is 4.07. The Morgan fingerprint density at radius 2 is 1.80 bits per heavy atom. The summed E-state index contributed by atoms with van der Waals surface area (Å²) >= 11 is 6.14. The van der Waals surface area contributed by atoms with Gasteiger partial charge in [0.05, 0.1) is 16.1 Å². The molecule has 3 N–H and O–H groups in total. The Hall–Kier alpha value is -3.25. The van der Waals surface area contributed by atoms with E-state index in [0.29, 0.717) is 27.5 Å². The molecule has 124 valence electrons. The fraction of sp³-hybridized carbons (Fsp3) is 0. The van der Waals surface area contributed by atoms with Crippen molar-refractivity contribution < 1.29 is 9.21 Å². The number of carbonyl (C=O) groups excluding carboxylic acids is 1. The van der Waals surface area contributed by atoms with E-state index in [2.05, 4.69) is 15.3 Å². The zero-order chi connectivity index (χ0) is 17.4. The molecule has 1 amide bonds. The molecule has 0 unspecified atom stereocenters. The summed E-state index contributed by atoms with van der Waals surface area (Å²) in [5.74, 6) is 0.286. The average molecular weight is 354 g/mol.